The molecule has 0 aliphatic rings. The van der Waals surface area contributed by atoms with Crippen LogP contribution in [0.2, 0.25) is 0 Å². The Morgan fingerprint density at radius 3 is 2.18 bits per heavy atom. The van der Waals surface area contributed by atoms with Crippen molar-refractivity contribution in [3.05, 3.63) is 29.6 Å². The van der Waals surface area contributed by atoms with E-state index in [9.17, 15) is 4.39 Å². The molecule has 2 N–H and O–H groups in total. The Bertz CT molecular complexity index is 228. The number of rotatable bonds is 0. The summed E-state index contributed by atoms with van der Waals surface area (Å²) >= 11 is 0. The van der Waals surface area contributed by atoms with Crippen molar-refractivity contribution < 1.29 is 15.3 Å². The second kappa shape index (κ2) is 4.88. The van der Waals surface area contributed by atoms with Gasteiger partial charge in [0.15, 0.2) is 0 Å². The molecule has 1 aromatic carbocycles. The molecule has 0 bridgehead atoms. The predicted molar refractivity (Wildman–Crippen MR) is 40.4 cm³/mol. The first-order valence-electron chi connectivity index (χ1n) is 2.72. The molecule has 0 aromatic heterocycles. The van der Waals surface area contributed by atoms with E-state index in [2.05, 4.69) is 0 Å². The Hall–Kier alpha value is -0.865. The van der Waals surface area contributed by atoms with Crippen molar-refractivity contribution in [2.45, 2.75) is 6.92 Å². The summed E-state index contributed by atoms with van der Waals surface area (Å²) < 4.78 is 12.4. The molecule has 0 radical (unpaired) electrons. The first-order valence-corrected chi connectivity index (χ1v) is 2.72. The first kappa shape index (κ1) is 12.8. The number of halogens is 1. The third kappa shape index (κ3) is 3.16. The van der Waals surface area contributed by atoms with Gasteiger partial charge in [0, 0.05) is 0 Å². The molecule has 0 aliphatic carbocycles. The minimum atomic E-state index is -0.347. The van der Waals surface area contributed by atoms with E-state index in [1.807, 2.05) is 6.92 Å². The predicted octanol–water partition coefficient (Wildman–Crippen LogP) is 0.574. The molecule has 1 aromatic rings. The van der Waals surface area contributed by atoms with E-state index in [1.54, 1.807) is 12.1 Å². The molecule has 1 rings (SSSR count). The second-order valence-corrected chi connectivity index (χ2v) is 2.02. The molecule has 4 heteroatoms. The van der Waals surface area contributed by atoms with Gasteiger partial charge in [-0.1, -0.05) is 0 Å². The van der Waals surface area contributed by atoms with Gasteiger partial charge < -0.3 is 11.0 Å². The molecule has 0 aliphatic heterocycles. The van der Waals surface area contributed by atoms with Crippen molar-refractivity contribution in [2.75, 3.05) is 0 Å². The van der Waals surface area contributed by atoms with Crippen LogP contribution in [0.5, 0.6) is 0 Å². The maximum atomic E-state index is 12.4. The molecule has 58 valence electrons. The van der Waals surface area contributed by atoms with Gasteiger partial charge in [0.2, 0.25) is 0 Å². The fourth-order valence-electron chi connectivity index (χ4n) is 0.663. The van der Waals surface area contributed by atoms with E-state index in [0.29, 0.717) is 0 Å². The minimum absolute atomic E-state index is 0. The van der Waals surface area contributed by atoms with Gasteiger partial charge >= 0.3 is 54.2 Å². The van der Waals surface area contributed by atoms with Crippen molar-refractivity contribution in [2.24, 2.45) is 0 Å². The summed E-state index contributed by atoms with van der Waals surface area (Å²) in [5, 5.41) is 0. The van der Waals surface area contributed by atoms with E-state index in [4.69, 9.17) is 7.85 Å². The molecule has 0 heterocycles. The van der Waals surface area contributed by atoms with Crippen LogP contribution in [0.3, 0.4) is 0 Å². The minimum Gasteiger partial charge on any atom is -0.870 e. The zero-order valence-electron chi connectivity index (χ0n) is 6.08. The van der Waals surface area contributed by atoms with Crippen LogP contribution >= 0.6 is 0 Å². The van der Waals surface area contributed by atoms with Crippen LogP contribution in [-0.2, 0) is 0 Å². The Labute approximate surface area is 66.1 Å². The van der Waals surface area contributed by atoms with Crippen molar-refractivity contribution in [1.82, 2.24) is 0 Å². The summed E-state index contributed by atoms with van der Waals surface area (Å²) in [6, 6.07) is 4.66. The molecule has 0 saturated heterocycles. The van der Waals surface area contributed by atoms with Gasteiger partial charge in [-0.25, -0.2) is 0 Å². The molecular weight excluding hydrogens is 146 g/mol. The van der Waals surface area contributed by atoms with Crippen LogP contribution in [-0.4, -0.2) is 18.8 Å². The molecule has 0 saturated carbocycles. The second-order valence-electron chi connectivity index (χ2n) is 2.02. The van der Waals surface area contributed by atoms with E-state index in [1.165, 1.54) is 6.07 Å². The summed E-state index contributed by atoms with van der Waals surface area (Å²) in [4.78, 5) is 0. The van der Waals surface area contributed by atoms with Crippen molar-refractivity contribution in [3.8, 4) is 0 Å². The quantitative estimate of drug-likeness (QED) is 0.513. The molecular formula is C7H8BFO2. The molecule has 2 nitrogen and oxygen atoms in total. The van der Waals surface area contributed by atoms with Crippen LogP contribution in [0, 0.1) is 12.7 Å². The smallest absolute Gasteiger partial charge is 0.870 e. The van der Waals surface area contributed by atoms with Gasteiger partial charge in [0.25, 0.3) is 0 Å². The van der Waals surface area contributed by atoms with Gasteiger partial charge in [-0.15, -0.1) is 0 Å². The molecule has 11 heavy (non-hydrogen) atoms. The number of benzene rings is 1. The van der Waals surface area contributed by atoms with Crippen LogP contribution < -0.4 is 5.46 Å². The summed E-state index contributed by atoms with van der Waals surface area (Å²) in [6.07, 6.45) is 0. The largest absolute Gasteiger partial charge is 0.870 e. The van der Waals surface area contributed by atoms with E-state index in [-0.39, 0.29) is 22.2 Å². The number of hydrogen-bond acceptors (Lipinski definition) is 2. The van der Waals surface area contributed by atoms with Gasteiger partial charge in [0.05, 0.1) is 0 Å². The average molecular weight is 154 g/mol. The van der Waals surface area contributed by atoms with Gasteiger partial charge in [0.1, 0.15) is 0 Å². The standard InChI is InChI=1S/C7H6BF.2H2O/c1-5-2-3-7(9)6(8)4-5;;/h2-4H,1H3;2*1H2/q+2;;/p-2. The van der Waals surface area contributed by atoms with Crippen molar-refractivity contribution in [1.29, 1.82) is 0 Å². The first-order chi connectivity index (χ1) is 4.20. The molecule has 0 amide bonds. The fourth-order valence-corrected chi connectivity index (χ4v) is 0.663. The third-order valence-electron chi connectivity index (χ3n) is 1.15. The summed E-state index contributed by atoms with van der Waals surface area (Å²) in [5.41, 5.74) is 1.20. The Morgan fingerprint density at radius 2 is 1.82 bits per heavy atom. The van der Waals surface area contributed by atoms with Crippen molar-refractivity contribution in [3.63, 3.8) is 0 Å². The Kier molecular flexibility index (Phi) is 5.66. The van der Waals surface area contributed by atoms with Gasteiger partial charge in [-0.05, 0) is 0 Å². The molecule has 0 unspecified atom stereocenters. The normalized spacial score (nSPS) is 8.00. The topological polar surface area (TPSA) is 60.0 Å². The maximum absolute atomic E-state index is 12.4. The monoisotopic (exact) mass is 154 g/mol. The number of hydrogen-bond donors (Lipinski definition) is 0. The molecule has 0 fully saturated rings. The molecule has 0 atom stereocenters. The van der Waals surface area contributed by atoms with Crippen LogP contribution in [0.1, 0.15) is 5.56 Å². The van der Waals surface area contributed by atoms with E-state index >= 15 is 0 Å². The van der Waals surface area contributed by atoms with Crippen molar-refractivity contribution >= 4 is 13.3 Å². The zero-order valence-corrected chi connectivity index (χ0v) is 6.08. The van der Waals surface area contributed by atoms with Gasteiger partial charge in [-0.3, -0.25) is 0 Å². The van der Waals surface area contributed by atoms with E-state index in [0.717, 1.165) is 5.56 Å². The van der Waals surface area contributed by atoms with Crippen LogP contribution in [0.4, 0.5) is 4.39 Å². The third-order valence-corrected chi connectivity index (χ3v) is 1.15. The SMILES string of the molecule is [B+2]c1cc(C)ccc1F.[OH-].[OH-]. The average Bonchev–Trinajstić information content (AvgIpc) is 1.80. The number of aryl methyl sites for hydroxylation is 1. The Balaban J connectivity index is 0. The summed E-state index contributed by atoms with van der Waals surface area (Å²) in [6.45, 7) is 1.87. The summed E-state index contributed by atoms with van der Waals surface area (Å²) in [7, 11) is 5.25. The van der Waals surface area contributed by atoms with E-state index < -0.39 is 0 Å². The zero-order chi connectivity index (χ0) is 6.85. The van der Waals surface area contributed by atoms with Gasteiger partial charge in [-0.2, -0.15) is 0 Å². The fraction of sp³-hybridized carbons (Fsp3) is 0.143. The Morgan fingerprint density at radius 1 is 1.27 bits per heavy atom. The maximum Gasteiger partial charge on any atom is -0.870 e. The summed E-state index contributed by atoms with van der Waals surface area (Å²) in [5.74, 6) is -0.347. The van der Waals surface area contributed by atoms with Crippen LogP contribution in [0.25, 0.3) is 0 Å². The molecule has 0 spiro atoms. The van der Waals surface area contributed by atoms with Crippen LogP contribution in [0.15, 0.2) is 18.2 Å².